The number of nitrogens with one attached hydrogen (secondary N) is 1. The number of carbonyl (C=O) groups is 1. The molecule has 0 aromatic heterocycles. The van der Waals surface area contributed by atoms with Gasteiger partial charge in [0.2, 0.25) is 5.91 Å². The largest absolute Gasteiger partial charge is 0.370 e. The second-order valence-electron chi connectivity index (χ2n) is 4.16. The fourth-order valence-corrected chi connectivity index (χ4v) is 2.35. The molecule has 104 valence electrons. The van der Waals surface area contributed by atoms with Gasteiger partial charge in [-0.2, -0.15) is 0 Å². The number of primary amides is 1. The van der Waals surface area contributed by atoms with Crippen LogP contribution in [0.5, 0.6) is 0 Å². The number of hydrogen-bond donors (Lipinski definition) is 2. The van der Waals surface area contributed by atoms with Gasteiger partial charge in [-0.25, -0.2) is 0 Å². The van der Waals surface area contributed by atoms with Crippen molar-refractivity contribution in [1.29, 1.82) is 0 Å². The van der Waals surface area contributed by atoms with Crippen LogP contribution in [0.15, 0.2) is 46.9 Å². The number of amides is 1. The van der Waals surface area contributed by atoms with E-state index in [2.05, 4.69) is 21.2 Å². The SMILES string of the molecule is NC(=O)C(Nc1ccc(Cl)c(Br)c1)c1ccc(Cl)cc1. The highest BCUT2D eigenvalue weighted by atomic mass is 79.9. The number of rotatable bonds is 4. The number of halogens is 3. The number of carbonyl (C=O) groups excluding carboxylic acids is 1. The summed E-state index contributed by atoms with van der Waals surface area (Å²) in [6.07, 6.45) is 0. The molecule has 1 unspecified atom stereocenters. The molecular formula is C14H11BrCl2N2O. The minimum Gasteiger partial charge on any atom is -0.370 e. The number of benzene rings is 2. The number of hydrogen-bond acceptors (Lipinski definition) is 2. The van der Waals surface area contributed by atoms with E-state index in [9.17, 15) is 4.79 Å². The van der Waals surface area contributed by atoms with Gasteiger partial charge in [0.1, 0.15) is 6.04 Å². The topological polar surface area (TPSA) is 55.1 Å². The average Bonchev–Trinajstić information content (AvgIpc) is 2.41. The molecule has 0 spiro atoms. The molecule has 0 saturated heterocycles. The lowest BCUT2D eigenvalue weighted by Gasteiger charge is -2.17. The van der Waals surface area contributed by atoms with Gasteiger partial charge in [0.05, 0.1) is 5.02 Å². The van der Waals surface area contributed by atoms with Gasteiger partial charge in [0.15, 0.2) is 0 Å². The van der Waals surface area contributed by atoms with Crippen LogP contribution in [0, 0.1) is 0 Å². The molecule has 2 rings (SSSR count). The lowest BCUT2D eigenvalue weighted by molar-refractivity contribution is -0.118. The predicted octanol–water partition coefficient (Wildman–Crippen LogP) is 4.39. The third kappa shape index (κ3) is 3.66. The molecule has 1 amide bonds. The Kier molecular flexibility index (Phi) is 4.91. The summed E-state index contributed by atoms with van der Waals surface area (Å²) in [6.45, 7) is 0. The first-order valence-electron chi connectivity index (χ1n) is 5.74. The molecule has 0 saturated carbocycles. The summed E-state index contributed by atoms with van der Waals surface area (Å²) < 4.78 is 0.739. The number of nitrogens with two attached hydrogens (primary N) is 1. The molecule has 6 heteroatoms. The van der Waals surface area contributed by atoms with Crippen molar-refractivity contribution in [3.63, 3.8) is 0 Å². The van der Waals surface area contributed by atoms with E-state index in [4.69, 9.17) is 28.9 Å². The minimum absolute atomic E-state index is 0.474. The molecule has 2 aromatic rings. The Bertz CT molecular complexity index is 632. The van der Waals surface area contributed by atoms with Gasteiger partial charge in [0, 0.05) is 15.2 Å². The van der Waals surface area contributed by atoms with Gasteiger partial charge in [-0.3, -0.25) is 4.79 Å². The molecule has 3 N–H and O–H groups in total. The van der Waals surface area contributed by atoms with E-state index < -0.39 is 11.9 Å². The molecule has 1 atom stereocenters. The Morgan fingerprint density at radius 3 is 2.35 bits per heavy atom. The van der Waals surface area contributed by atoms with Crippen molar-refractivity contribution in [3.05, 3.63) is 62.5 Å². The normalized spacial score (nSPS) is 11.9. The van der Waals surface area contributed by atoms with Gasteiger partial charge >= 0.3 is 0 Å². The maximum absolute atomic E-state index is 11.6. The smallest absolute Gasteiger partial charge is 0.244 e. The number of anilines is 1. The minimum atomic E-state index is -0.639. The van der Waals surface area contributed by atoms with Gasteiger partial charge < -0.3 is 11.1 Å². The predicted molar refractivity (Wildman–Crippen MR) is 86.2 cm³/mol. The summed E-state index contributed by atoms with van der Waals surface area (Å²) in [7, 11) is 0. The van der Waals surface area contributed by atoms with Crippen LogP contribution in [0.2, 0.25) is 10.0 Å². The lowest BCUT2D eigenvalue weighted by atomic mass is 10.1. The summed E-state index contributed by atoms with van der Waals surface area (Å²) in [5.41, 5.74) is 6.93. The maximum atomic E-state index is 11.6. The first kappa shape index (κ1) is 15.2. The van der Waals surface area contributed by atoms with Crippen molar-refractivity contribution in [3.8, 4) is 0 Å². The molecule has 3 nitrogen and oxygen atoms in total. The second-order valence-corrected chi connectivity index (χ2v) is 5.86. The van der Waals surface area contributed by atoms with Crippen LogP contribution in [0.4, 0.5) is 5.69 Å². The molecule has 0 radical (unpaired) electrons. The van der Waals surface area contributed by atoms with Crippen LogP contribution in [0.3, 0.4) is 0 Å². The van der Waals surface area contributed by atoms with Crippen LogP contribution in [0.25, 0.3) is 0 Å². The molecule has 0 aliphatic rings. The van der Waals surface area contributed by atoms with E-state index in [1.165, 1.54) is 0 Å². The molecular weight excluding hydrogens is 363 g/mol. The van der Waals surface area contributed by atoms with Gasteiger partial charge in [-0.15, -0.1) is 0 Å². The first-order valence-corrected chi connectivity index (χ1v) is 7.28. The molecule has 0 fully saturated rings. The van der Waals surface area contributed by atoms with Crippen LogP contribution >= 0.6 is 39.1 Å². The Morgan fingerprint density at radius 2 is 1.80 bits per heavy atom. The fourth-order valence-electron chi connectivity index (χ4n) is 1.73. The molecule has 20 heavy (non-hydrogen) atoms. The average molecular weight is 374 g/mol. The highest BCUT2D eigenvalue weighted by Crippen LogP contribution is 2.28. The van der Waals surface area contributed by atoms with Crippen molar-refractivity contribution in [2.75, 3.05) is 5.32 Å². The van der Waals surface area contributed by atoms with E-state index in [-0.39, 0.29) is 0 Å². The quantitative estimate of drug-likeness (QED) is 0.834. The fraction of sp³-hybridized carbons (Fsp3) is 0.0714. The first-order chi connectivity index (χ1) is 9.47. The standard InChI is InChI=1S/C14H11BrCl2N2O/c15-11-7-10(5-6-12(11)17)19-13(14(18)20)8-1-3-9(16)4-2-8/h1-7,13,19H,(H2,18,20). The second kappa shape index (κ2) is 6.48. The summed E-state index contributed by atoms with van der Waals surface area (Å²) in [5, 5.41) is 4.27. The Labute approximate surface area is 135 Å². The highest BCUT2D eigenvalue weighted by Gasteiger charge is 2.17. The third-order valence-corrected chi connectivity index (χ3v) is 4.18. The zero-order chi connectivity index (χ0) is 14.7. The van der Waals surface area contributed by atoms with Crippen molar-refractivity contribution in [2.24, 2.45) is 5.73 Å². The Morgan fingerprint density at radius 1 is 1.15 bits per heavy atom. The summed E-state index contributed by atoms with van der Waals surface area (Å²) in [6, 6.07) is 11.6. The van der Waals surface area contributed by atoms with Gasteiger partial charge in [-0.05, 0) is 51.8 Å². The lowest BCUT2D eigenvalue weighted by Crippen LogP contribution is -2.27. The molecule has 0 aliphatic heterocycles. The van der Waals surface area contributed by atoms with Crippen molar-refractivity contribution < 1.29 is 4.79 Å². The third-order valence-electron chi connectivity index (χ3n) is 2.72. The van der Waals surface area contributed by atoms with E-state index in [0.29, 0.717) is 10.0 Å². The Balaban J connectivity index is 2.27. The zero-order valence-electron chi connectivity index (χ0n) is 10.2. The van der Waals surface area contributed by atoms with Crippen molar-refractivity contribution in [2.45, 2.75) is 6.04 Å². The zero-order valence-corrected chi connectivity index (χ0v) is 13.3. The van der Waals surface area contributed by atoms with Crippen LogP contribution < -0.4 is 11.1 Å². The summed E-state index contributed by atoms with van der Waals surface area (Å²) in [5.74, 6) is -0.474. The van der Waals surface area contributed by atoms with Crippen LogP contribution in [-0.4, -0.2) is 5.91 Å². The summed E-state index contributed by atoms with van der Waals surface area (Å²) >= 11 is 15.1. The van der Waals surface area contributed by atoms with Crippen LogP contribution in [-0.2, 0) is 4.79 Å². The van der Waals surface area contributed by atoms with E-state index >= 15 is 0 Å². The van der Waals surface area contributed by atoms with Gasteiger partial charge in [0.25, 0.3) is 0 Å². The van der Waals surface area contributed by atoms with E-state index in [1.54, 1.807) is 42.5 Å². The molecule has 0 aliphatic carbocycles. The molecule has 0 bridgehead atoms. The summed E-state index contributed by atoms with van der Waals surface area (Å²) in [4.78, 5) is 11.6. The van der Waals surface area contributed by atoms with Crippen molar-refractivity contribution in [1.82, 2.24) is 0 Å². The monoisotopic (exact) mass is 372 g/mol. The Hall–Kier alpha value is -1.23. The highest BCUT2D eigenvalue weighted by molar-refractivity contribution is 9.10. The van der Waals surface area contributed by atoms with Crippen LogP contribution in [0.1, 0.15) is 11.6 Å². The van der Waals surface area contributed by atoms with E-state index in [1.807, 2.05) is 0 Å². The molecule has 0 heterocycles. The van der Waals surface area contributed by atoms with Crippen molar-refractivity contribution >= 4 is 50.7 Å². The van der Waals surface area contributed by atoms with Gasteiger partial charge in [-0.1, -0.05) is 35.3 Å². The van der Waals surface area contributed by atoms with E-state index in [0.717, 1.165) is 15.7 Å². The molecule has 2 aromatic carbocycles. The maximum Gasteiger partial charge on any atom is 0.244 e.